The van der Waals surface area contributed by atoms with Crippen molar-refractivity contribution >= 4 is 54.8 Å². The average molecular weight is 346 g/mol. The summed E-state index contributed by atoms with van der Waals surface area (Å²) in [5.41, 5.74) is 0.123. The highest BCUT2D eigenvalue weighted by Gasteiger charge is 2.28. The van der Waals surface area contributed by atoms with E-state index in [1.807, 2.05) is 0 Å². The molecule has 1 atom stereocenters. The molecule has 16 heavy (non-hydrogen) atoms. The Kier molecular flexibility index (Phi) is 4.40. The van der Waals surface area contributed by atoms with E-state index < -0.39 is 19.8 Å². The maximum absolute atomic E-state index is 11.8. The van der Waals surface area contributed by atoms with Gasteiger partial charge in [0.2, 0.25) is 0 Å². The van der Waals surface area contributed by atoms with E-state index in [4.69, 9.17) is 23.2 Å². The smallest absolute Gasteiger partial charge is 0.193 e. The van der Waals surface area contributed by atoms with Gasteiger partial charge in [0.25, 0.3) is 0 Å². The van der Waals surface area contributed by atoms with Gasteiger partial charge in [-0.05, 0) is 18.2 Å². The van der Waals surface area contributed by atoms with Crippen LogP contribution in [0.15, 0.2) is 18.2 Å². The summed E-state index contributed by atoms with van der Waals surface area (Å²) in [6.07, 6.45) is 0.966. The molecular weight excluding hydrogens is 339 g/mol. The minimum absolute atomic E-state index is 0.123. The first kappa shape index (κ1) is 14.0. The van der Waals surface area contributed by atoms with Crippen LogP contribution in [0.1, 0.15) is 10.4 Å². The lowest BCUT2D eigenvalue weighted by Gasteiger charge is -2.08. The Morgan fingerprint density at radius 2 is 1.94 bits per heavy atom. The minimum atomic E-state index is -3.50. The molecule has 0 aliphatic carbocycles. The molecule has 0 spiro atoms. The van der Waals surface area contributed by atoms with Crippen molar-refractivity contribution in [2.75, 3.05) is 6.26 Å². The number of hydrogen-bond acceptors (Lipinski definition) is 3. The van der Waals surface area contributed by atoms with E-state index in [1.54, 1.807) is 0 Å². The Balaban J connectivity index is 3.16. The van der Waals surface area contributed by atoms with E-state index in [2.05, 4.69) is 15.9 Å². The first-order valence-corrected chi connectivity index (χ1v) is 7.68. The predicted octanol–water partition coefficient (Wildman–Crippen LogP) is 2.94. The van der Waals surface area contributed by atoms with Gasteiger partial charge in [0.05, 0.1) is 5.02 Å². The van der Waals surface area contributed by atoms with E-state index in [0.29, 0.717) is 5.02 Å². The third-order valence-corrected chi connectivity index (χ3v) is 5.75. The lowest BCUT2D eigenvalue weighted by Crippen LogP contribution is -2.23. The number of sulfone groups is 1. The quantitative estimate of drug-likeness (QED) is 0.625. The maximum atomic E-state index is 11.8. The van der Waals surface area contributed by atoms with Crippen molar-refractivity contribution < 1.29 is 13.2 Å². The summed E-state index contributed by atoms with van der Waals surface area (Å²) in [7, 11) is -3.50. The molecule has 0 N–H and O–H groups in total. The Morgan fingerprint density at radius 3 is 2.38 bits per heavy atom. The lowest BCUT2D eigenvalue weighted by atomic mass is 10.1. The van der Waals surface area contributed by atoms with E-state index in [9.17, 15) is 13.2 Å². The molecule has 88 valence electrons. The second-order valence-electron chi connectivity index (χ2n) is 3.13. The van der Waals surface area contributed by atoms with Gasteiger partial charge in [0.1, 0.15) is 0 Å². The predicted molar refractivity (Wildman–Crippen MR) is 68.4 cm³/mol. The first-order chi connectivity index (χ1) is 7.23. The van der Waals surface area contributed by atoms with Gasteiger partial charge in [-0.1, -0.05) is 39.1 Å². The summed E-state index contributed by atoms with van der Waals surface area (Å²) in [5.74, 6) is -0.607. The van der Waals surface area contributed by atoms with Crippen molar-refractivity contribution in [2.45, 2.75) is 4.16 Å². The van der Waals surface area contributed by atoms with Crippen molar-refractivity contribution in [1.29, 1.82) is 0 Å². The van der Waals surface area contributed by atoms with Gasteiger partial charge >= 0.3 is 0 Å². The van der Waals surface area contributed by atoms with Crippen molar-refractivity contribution in [2.24, 2.45) is 0 Å². The number of carbonyl (C=O) groups is 1. The van der Waals surface area contributed by atoms with Crippen LogP contribution in [0.3, 0.4) is 0 Å². The highest BCUT2D eigenvalue weighted by molar-refractivity contribution is 9.11. The average Bonchev–Trinajstić information content (AvgIpc) is 2.14. The fourth-order valence-electron chi connectivity index (χ4n) is 1.01. The monoisotopic (exact) mass is 344 g/mol. The van der Waals surface area contributed by atoms with Crippen LogP contribution in [0.2, 0.25) is 10.0 Å². The zero-order chi connectivity index (χ0) is 12.5. The van der Waals surface area contributed by atoms with Gasteiger partial charge < -0.3 is 0 Å². The molecule has 1 aromatic rings. The molecule has 0 radical (unpaired) electrons. The Morgan fingerprint density at radius 1 is 1.38 bits per heavy atom. The van der Waals surface area contributed by atoms with Crippen LogP contribution >= 0.6 is 39.1 Å². The minimum Gasteiger partial charge on any atom is -0.292 e. The van der Waals surface area contributed by atoms with Gasteiger partial charge in [0.15, 0.2) is 19.8 Å². The van der Waals surface area contributed by atoms with Crippen LogP contribution in [-0.4, -0.2) is 24.6 Å². The number of alkyl halides is 1. The van der Waals surface area contributed by atoms with Crippen LogP contribution in [0.25, 0.3) is 0 Å². The molecule has 0 aliphatic rings. The van der Waals surface area contributed by atoms with Crippen LogP contribution in [0.5, 0.6) is 0 Å². The van der Waals surface area contributed by atoms with Crippen molar-refractivity contribution in [1.82, 2.24) is 0 Å². The summed E-state index contributed by atoms with van der Waals surface area (Å²) in [4.78, 5) is 11.8. The van der Waals surface area contributed by atoms with E-state index in [-0.39, 0.29) is 10.6 Å². The van der Waals surface area contributed by atoms with Gasteiger partial charge in [-0.2, -0.15) is 0 Å². The van der Waals surface area contributed by atoms with E-state index >= 15 is 0 Å². The zero-order valence-electron chi connectivity index (χ0n) is 8.08. The molecule has 0 fully saturated rings. The molecule has 0 heterocycles. The Labute approximate surface area is 112 Å². The fraction of sp³-hybridized carbons (Fsp3) is 0.222. The van der Waals surface area contributed by atoms with Gasteiger partial charge in [-0.25, -0.2) is 8.42 Å². The number of carbonyl (C=O) groups excluding carboxylic acids is 1. The second-order valence-corrected chi connectivity index (χ2v) is 7.63. The zero-order valence-corrected chi connectivity index (χ0v) is 12.0. The molecule has 1 aromatic carbocycles. The van der Waals surface area contributed by atoms with Gasteiger partial charge in [-0.3, -0.25) is 4.79 Å². The van der Waals surface area contributed by atoms with Gasteiger partial charge in [-0.15, -0.1) is 0 Å². The molecule has 1 rings (SSSR count). The molecule has 0 aromatic heterocycles. The van der Waals surface area contributed by atoms with Crippen molar-refractivity contribution in [3.8, 4) is 0 Å². The molecule has 0 saturated heterocycles. The summed E-state index contributed by atoms with van der Waals surface area (Å²) >= 11 is 14.3. The van der Waals surface area contributed by atoms with Crippen molar-refractivity contribution in [3.63, 3.8) is 0 Å². The summed E-state index contributed by atoms with van der Waals surface area (Å²) in [5, 5.41) is 0.512. The molecule has 0 amide bonds. The lowest BCUT2D eigenvalue weighted by molar-refractivity contribution is 0.101. The second kappa shape index (κ2) is 5.04. The number of ketones is 1. The molecule has 0 saturated carbocycles. The van der Waals surface area contributed by atoms with Gasteiger partial charge in [0, 0.05) is 16.8 Å². The summed E-state index contributed by atoms with van der Waals surface area (Å²) < 4.78 is 21.1. The normalized spacial score (nSPS) is 13.5. The van der Waals surface area contributed by atoms with E-state index in [1.165, 1.54) is 18.2 Å². The number of halogens is 3. The highest BCUT2D eigenvalue weighted by atomic mass is 79.9. The van der Waals surface area contributed by atoms with Crippen molar-refractivity contribution in [3.05, 3.63) is 33.8 Å². The molecule has 0 aliphatic heterocycles. The van der Waals surface area contributed by atoms with Crippen LogP contribution in [0.4, 0.5) is 0 Å². The topological polar surface area (TPSA) is 51.2 Å². The summed E-state index contributed by atoms with van der Waals surface area (Å²) in [6.45, 7) is 0. The number of benzene rings is 1. The number of Topliss-reactive ketones (excluding diaryl/α,β-unsaturated/α-hetero) is 1. The van der Waals surface area contributed by atoms with Crippen LogP contribution < -0.4 is 0 Å². The number of hydrogen-bond donors (Lipinski definition) is 0. The highest BCUT2D eigenvalue weighted by Crippen LogP contribution is 2.25. The Bertz CT molecular complexity index is 528. The number of rotatable bonds is 3. The standard InChI is InChI=1S/C9H7BrCl2O3S/c1-16(14,15)9(10)8(13)6-3-2-5(11)4-7(6)12/h2-4,9H,1H3/t9-/m1/s1. The fourth-order valence-corrected chi connectivity index (χ4v) is 2.27. The molecule has 7 heteroatoms. The van der Waals surface area contributed by atoms with Crippen LogP contribution in [0, 0.1) is 0 Å². The molecule has 0 unspecified atom stereocenters. The maximum Gasteiger partial charge on any atom is 0.193 e. The Hall–Kier alpha value is -0.100. The third kappa shape index (κ3) is 3.20. The third-order valence-electron chi connectivity index (χ3n) is 1.78. The SMILES string of the molecule is CS(=O)(=O)[C@@H](Br)C(=O)c1ccc(Cl)cc1Cl. The van der Waals surface area contributed by atoms with Crippen LogP contribution in [-0.2, 0) is 9.84 Å². The largest absolute Gasteiger partial charge is 0.292 e. The summed E-state index contributed by atoms with van der Waals surface area (Å²) in [6, 6.07) is 4.26. The molecule has 0 bridgehead atoms. The first-order valence-electron chi connectivity index (χ1n) is 4.05. The molecule has 3 nitrogen and oxygen atoms in total. The molecular formula is C9H7BrCl2O3S. The van der Waals surface area contributed by atoms with E-state index in [0.717, 1.165) is 6.26 Å².